The van der Waals surface area contributed by atoms with Gasteiger partial charge in [0.2, 0.25) is 10.0 Å². The Hall–Kier alpha value is -3.04. The van der Waals surface area contributed by atoms with E-state index in [1.54, 1.807) is 36.5 Å². The number of hydrogen-bond donors (Lipinski definition) is 0. The predicted octanol–water partition coefficient (Wildman–Crippen LogP) is 1.72. The number of aromatic nitrogens is 3. The lowest BCUT2D eigenvalue weighted by atomic mass is 10.1. The lowest BCUT2D eigenvalue weighted by molar-refractivity contribution is 0.383. The monoisotopic (exact) mass is 396 g/mol. The maximum absolute atomic E-state index is 13.0. The van der Waals surface area contributed by atoms with Gasteiger partial charge in [0.1, 0.15) is 17.1 Å². The summed E-state index contributed by atoms with van der Waals surface area (Å²) in [6.45, 7) is 0.289. The molecule has 0 spiro atoms. The standard InChI is InChI=1S/C19H16N4O4S/c24-19-14-11-22(10-8-15(14)20-18-7-3-4-9-23(18)19)28(25,26)12-16-13-5-1-2-6-17(13)27-21-16/h1-7,9H,8,10-12H2. The minimum atomic E-state index is -3.68. The van der Waals surface area contributed by atoms with E-state index in [1.165, 1.54) is 8.71 Å². The molecule has 0 amide bonds. The van der Waals surface area contributed by atoms with E-state index in [9.17, 15) is 13.2 Å². The van der Waals surface area contributed by atoms with Crippen molar-refractivity contribution in [2.24, 2.45) is 0 Å². The summed E-state index contributed by atoms with van der Waals surface area (Å²) in [5.74, 6) is -0.276. The summed E-state index contributed by atoms with van der Waals surface area (Å²) >= 11 is 0. The third-order valence-electron chi connectivity index (χ3n) is 5.01. The fraction of sp³-hybridized carbons (Fsp3) is 0.211. The van der Waals surface area contributed by atoms with Crippen LogP contribution in [0.15, 0.2) is 58.0 Å². The third-order valence-corrected chi connectivity index (χ3v) is 6.75. The summed E-state index contributed by atoms with van der Waals surface area (Å²) in [5, 5.41) is 4.60. The molecule has 9 heteroatoms. The molecule has 3 aromatic heterocycles. The van der Waals surface area contributed by atoms with Crippen LogP contribution in [0.25, 0.3) is 16.6 Å². The Bertz CT molecular complexity index is 1370. The zero-order valence-corrected chi connectivity index (χ0v) is 15.6. The van der Waals surface area contributed by atoms with E-state index in [1.807, 2.05) is 12.1 Å². The fourth-order valence-electron chi connectivity index (χ4n) is 3.57. The highest BCUT2D eigenvalue weighted by Crippen LogP contribution is 2.24. The molecule has 5 rings (SSSR count). The Kier molecular flexibility index (Phi) is 3.81. The maximum Gasteiger partial charge on any atom is 0.262 e. The largest absolute Gasteiger partial charge is 0.356 e. The van der Waals surface area contributed by atoms with Gasteiger partial charge in [0.25, 0.3) is 5.56 Å². The highest BCUT2D eigenvalue weighted by Gasteiger charge is 2.31. The Balaban J connectivity index is 1.49. The smallest absolute Gasteiger partial charge is 0.262 e. The first kappa shape index (κ1) is 17.1. The number of sulfonamides is 1. The minimum Gasteiger partial charge on any atom is -0.356 e. The van der Waals surface area contributed by atoms with Gasteiger partial charge in [-0.05, 0) is 24.3 Å². The number of pyridine rings is 1. The molecule has 1 aromatic carbocycles. The highest BCUT2D eigenvalue weighted by atomic mass is 32.2. The topological polar surface area (TPSA) is 97.8 Å². The maximum atomic E-state index is 13.0. The number of fused-ring (bicyclic) bond motifs is 3. The van der Waals surface area contributed by atoms with Crippen LogP contribution in [-0.2, 0) is 28.7 Å². The van der Waals surface area contributed by atoms with Crippen molar-refractivity contribution in [1.82, 2.24) is 18.8 Å². The van der Waals surface area contributed by atoms with Crippen molar-refractivity contribution < 1.29 is 12.9 Å². The van der Waals surface area contributed by atoms with Crippen molar-refractivity contribution in [2.75, 3.05) is 6.54 Å². The van der Waals surface area contributed by atoms with Crippen molar-refractivity contribution in [3.63, 3.8) is 0 Å². The van der Waals surface area contributed by atoms with Gasteiger partial charge in [-0.2, -0.15) is 4.31 Å². The van der Waals surface area contributed by atoms with E-state index in [4.69, 9.17) is 4.52 Å². The Morgan fingerprint density at radius 3 is 2.82 bits per heavy atom. The summed E-state index contributed by atoms with van der Waals surface area (Å²) in [6.07, 6.45) is 2.04. The molecule has 1 aliphatic rings. The molecule has 0 N–H and O–H groups in total. The summed E-state index contributed by atoms with van der Waals surface area (Å²) in [4.78, 5) is 17.3. The second kappa shape index (κ2) is 6.25. The lowest BCUT2D eigenvalue weighted by Gasteiger charge is -2.27. The van der Waals surface area contributed by atoms with Crippen LogP contribution in [0.1, 0.15) is 17.0 Å². The molecule has 28 heavy (non-hydrogen) atoms. The van der Waals surface area contributed by atoms with Crippen LogP contribution < -0.4 is 5.56 Å². The molecule has 4 heterocycles. The molecular weight excluding hydrogens is 380 g/mol. The number of benzene rings is 1. The first-order chi connectivity index (χ1) is 13.5. The fourth-order valence-corrected chi connectivity index (χ4v) is 5.00. The number of hydrogen-bond acceptors (Lipinski definition) is 6. The van der Waals surface area contributed by atoms with Crippen molar-refractivity contribution in [1.29, 1.82) is 0 Å². The van der Waals surface area contributed by atoms with Crippen molar-refractivity contribution in [3.05, 3.63) is 76.0 Å². The van der Waals surface area contributed by atoms with E-state index in [2.05, 4.69) is 10.1 Å². The molecule has 0 radical (unpaired) electrons. The van der Waals surface area contributed by atoms with E-state index in [-0.39, 0.29) is 24.4 Å². The first-order valence-corrected chi connectivity index (χ1v) is 10.4. The summed E-state index contributed by atoms with van der Waals surface area (Å²) < 4.78 is 34.0. The van der Waals surface area contributed by atoms with Gasteiger partial charge in [-0.25, -0.2) is 13.4 Å². The SMILES string of the molecule is O=c1c2c(nc3ccccn13)CCN(S(=O)(=O)Cc1noc3ccccc13)C2. The molecule has 0 bridgehead atoms. The summed E-state index contributed by atoms with van der Waals surface area (Å²) in [6, 6.07) is 12.5. The molecule has 4 aromatic rings. The molecule has 142 valence electrons. The quantitative estimate of drug-likeness (QED) is 0.523. The number of rotatable bonds is 3. The number of para-hydroxylation sites is 1. The lowest BCUT2D eigenvalue weighted by Crippen LogP contribution is -2.40. The van der Waals surface area contributed by atoms with Gasteiger partial charge in [-0.3, -0.25) is 9.20 Å². The third kappa shape index (κ3) is 2.71. The summed E-state index contributed by atoms with van der Waals surface area (Å²) in [7, 11) is -3.68. The Morgan fingerprint density at radius 2 is 1.93 bits per heavy atom. The highest BCUT2D eigenvalue weighted by molar-refractivity contribution is 7.88. The second-order valence-corrected chi connectivity index (χ2v) is 8.71. The predicted molar refractivity (Wildman–Crippen MR) is 102 cm³/mol. The van der Waals surface area contributed by atoms with Gasteiger partial charge >= 0.3 is 0 Å². The van der Waals surface area contributed by atoms with Gasteiger partial charge in [-0.15, -0.1) is 0 Å². The van der Waals surface area contributed by atoms with Gasteiger partial charge in [0.15, 0.2) is 5.58 Å². The molecule has 0 fully saturated rings. The van der Waals surface area contributed by atoms with E-state index in [0.29, 0.717) is 40.0 Å². The van der Waals surface area contributed by atoms with Crippen LogP contribution in [0.2, 0.25) is 0 Å². The molecule has 0 unspecified atom stereocenters. The van der Waals surface area contributed by atoms with Crippen LogP contribution in [0, 0.1) is 0 Å². The molecule has 0 aliphatic carbocycles. The Labute approximate surface area is 160 Å². The molecule has 0 atom stereocenters. The van der Waals surface area contributed by atoms with E-state index in [0.717, 1.165) is 0 Å². The Morgan fingerprint density at radius 1 is 1.11 bits per heavy atom. The molecule has 0 saturated carbocycles. The first-order valence-electron chi connectivity index (χ1n) is 8.83. The minimum absolute atomic E-state index is 0.0110. The van der Waals surface area contributed by atoms with Crippen LogP contribution in [-0.4, -0.2) is 33.8 Å². The van der Waals surface area contributed by atoms with Gasteiger partial charge < -0.3 is 4.52 Å². The van der Waals surface area contributed by atoms with Gasteiger partial charge in [-0.1, -0.05) is 23.4 Å². The molecule has 0 saturated heterocycles. The van der Waals surface area contributed by atoms with Crippen LogP contribution >= 0.6 is 0 Å². The average Bonchev–Trinajstić information content (AvgIpc) is 3.10. The molecular formula is C19H16N4O4S. The normalized spacial score (nSPS) is 15.1. The van der Waals surface area contributed by atoms with Crippen LogP contribution in [0.3, 0.4) is 0 Å². The number of nitrogens with zero attached hydrogens (tertiary/aromatic N) is 4. The zero-order chi connectivity index (χ0) is 19.3. The zero-order valence-electron chi connectivity index (χ0n) is 14.8. The van der Waals surface area contributed by atoms with Crippen LogP contribution in [0.5, 0.6) is 0 Å². The van der Waals surface area contributed by atoms with Crippen LogP contribution in [0.4, 0.5) is 0 Å². The summed E-state index contributed by atoms with van der Waals surface area (Å²) in [5.41, 5.74) is 2.34. The van der Waals surface area contributed by atoms with Crippen molar-refractivity contribution in [3.8, 4) is 0 Å². The van der Waals surface area contributed by atoms with Gasteiger partial charge in [0, 0.05) is 31.1 Å². The van der Waals surface area contributed by atoms with Gasteiger partial charge in [0.05, 0.1) is 11.3 Å². The molecule has 8 nitrogen and oxygen atoms in total. The second-order valence-electron chi connectivity index (χ2n) is 6.74. The van der Waals surface area contributed by atoms with E-state index < -0.39 is 10.0 Å². The average molecular weight is 396 g/mol. The van der Waals surface area contributed by atoms with E-state index >= 15 is 0 Å². The van der Waals surface area contributed by atoms with Crippen molar-refractivity contribution in [2.45, 2.75) is 18.7 Å². The molecule has 1 aliphatic heterocycles. The van der Waals surface area contributed by atoms with Crippen molar-refractivity contribution >= 4 is 26.6 Å².